The molecule has 1 aromatic heterocycles. The Hall–Kier alpha value is -0.540. The maximum atomic E-state index is 6.30. The topological polar surface area (TPSA) is 29.9 Å². The summed E-state index contributed by atoms with van der Waals surface area (Å²) in [5, 5.41) is 8.76. The number of nitrogens with zero attached hydrogens (tertiary/aromatic N) is 2. The summed E-state index contributed by atoms with van der Waals surface area (Å²) in [5.74, 6) is 0.674. The van der Waals surface area contributed by atoms with Crippen LogP contribution in [0.4, 0.5) is 0 Å². The fourth-order valence-electron chi connectivity index (χ4n) is 1.82. The van der Waals surface area contributed by atoms with Crippen molar-refractivity contribution in [2.75, 3.05) is 0 Å². The van der Waals surface area contributed by atoms with Gasteiger partial charge in [0.1, 0.15) is 0 Å². The Kier molecular flexibility index (Phi) is 5.47. The lowest BCUT2D eigenvalue weighted by Gasteiger charge is -2.20. The van der Waals surface area contributed by atoms with Gasteiger partial charge in [-0.2, -0.15) is 5.10 Å². The largest absolute Gasteiger partial charge is 0.308 e. The predicted molar refractivity (Wildman–Crippen MR) is 73.4 cm³/mol. The third-order valence-corrected chi connectivity index (χ3v) is 4.03. The molecule has 0 aromatic carbocycles. The zero-order chi connectivity index (χ0) is 13.0. The van der Waals surface area contributed by atoms with E-state index in [9.17, 15) is 0 Å². The molecule has 2 atom stereocenters. The lowest BCUT2D eigenvalue weighted by molar-refractivity contribution is 0.385. The summed E-state index contributed by atoms with van der Waals surface area (Å²) in [6.45, 7) is 9.56. The molecular weight excluding hydrogens is 234 g/mol. The molecule has 4 heteroatoms. The van der Waals surface area contributed by atoms with Gasteiger partial charge < -0.3 is 5.32 Å². The van der Waals surface area contributed by atoms with E-state index in [0.717, 1.165) is 29.4 Å². The average molecular weight is 258 g/mol. The van der Waals surface area contributed by atoms with Crippen LogP contribution in [0.25, 0.3) is 0 Å². The summed E-state index contributed by atoms with van der Waals surface area (Å²) in [4.78, 5) is 0. The number of aromatic nitrogens is 2. The van der Waals surface area contributed by atoms with Crippen LogP contribution < -0.4 is 5.32 Å². The highest BCUT2D eigenvalue weighted by Crippen LogP contribution is 2.21. The van der Waals surface area contributed by atoms with Crippen LogP contribution in [-0.2, 0) is 20.0 Å². The zero-order valence-corrected chi connectivity index (χ0v) is 12.3. The molecule has 0 aliphatic heterocycles. The molecule has 0 saturated heterocycles. The summed E-state index contributed by atoms with van der Waals surface area (Å²) in [5.41, 5.74) is 2.07. The fraction of sp³-hybridized carbons (Fsp3) is 0.769. The molecule has 1 aromatic rings. The molecule has 17 heavy (non-hydrogen) atoms. The van der Waals surface area contributed by atoms with Gasteiger partial charge in [0.25, 0.3) is 0 Å². The second-order valence-electron chi connectivity index (χ2n) is 4.74. The van der Waals surface area contributed by atoms with E-state index in [1.165, 1.54) is 6.42 Å². The predicted octanol–water partition coefficient (Wildman–Crippen LogP) is 3.16. The van der Waals surface area contributed by atoms with Crippen LogP contribution in [0.5, 0.6) is 0 Å². The molecule has 0 amide bonds. The maximum absolute atomic E-state index is 6.30. The van der Waals surface area contributed by atoms with Crippen LogP contribution in [-0.4, -0.2) is 15.8 Å². The monoisotopic (exact) mass is 257 g/mol. The number of rotatable bonds is 6. The first-order valence-electron chi connectivity index (χ1n) is 6.44. The van der Waals surface area contributed by atoms with Gasteiger partial charge in [0, 0.05) is 19.6 Å². The van der Waals surface area contributed by atoms with Gasteiger partial charge in [-0.25, -0.2) is 0 Å². The molecular formula is C13H24ClN3. The van der Waals surface area contributed by atoms with Gasteiger partial charge in [-0.3, -0.25) is 4.68 Å². The highest BCUT2D eigenvalue weighted by molar-refractivity contribution is 6.31. The Labute approximate surface area is 110 Å². The van der Waals surface area contributed by atoms with Crippen LogP contribution in [0.1, 0.15) is 45.5 Å². The molecule has 1 N–H and O–H groups in total. The van der Waals surface area contributed by atoms with Crippen molar-refractivity contribution in [1.29, 1.82) is 0 Å². The molecule has 0 spiro atoms. The summed E-state index contributed by atoms with van der Waals surface area (Å²) < 4.78 is 1.89. The van der Waals surface area contributed by atoms with Crippen molar-refractivity contribution in [3.63, 3.8) is 0 Å². The van der Waals surface area contributed by atoms with Crippen molar-refractivity contribution < 1.29 is 0 Å². The molecule has 1 heterocycles. The Balaban J connectivity index is 2.66. The minimum absolute atomic E-state index is 0.496. The van der Waals surface area contributed by atoms with E-state index in [0.29, 0.717) is 12.0 Å². The molecule has 0 fully saturated rings. The van der Waals surface area contributed by atoms with E-state index in [-0.39, 0.29) is 0 Å². The van der Waals surface area contributed by atoms with E-state index < -0.39 is 0 Å². The van der Waals surface area contributed by atoms with Crippen molar-refractivity contribution in [2.45, 2.75) is 53.1 Å². The van der Waals surface area contributed by atoms with Crippen LogP contribution in [0.2, 0.25) is 5.02 Å². The molecule has 0 bridgehead atoms. The van der Waals surface area contributed by atoms with Crippen LogP contribution in [0.15, 0.2) is 0 Å². The highest BCUT2D eigenvalue weighted by Gasteiger charge is 2.15. The van der Waals surface area contributed by atoms with E-state index in [1.807, 2.05) is 11.7 Å². The van der Waals surface area contributed by atoms with Gasteiger partial charge in [0.15, 0.2) is 0 Å². The SMILES string of the molecule is CCc1nn(C)c(CNC(C)C(C)CC)c1Cl. The van der Waals surface area contributed by atoms with Gasteiger partial charge in [0.05, 0.1) is 16.4 Å². The standard InChI is InChI=1S/C13H24ClN3/c1-6-9(3)10(4)15-8-12-13(14)11(7-2)16-17(12)5/h9-10,15H,6-8H2,1-5H3. The van der Waals surface area contributed by atoms with E-state index in [1.54, 1.807) is 0 Å². The van der Waals surface area contributed by atoms with Gasteiger partial charge in [-0.15, -0.1) is 0 Å². The Bertz CT molecular complexity index is 360. The summed E-state index contributed by atoms with van der Waals surface area (Å²) in [6.07, 6.45) is 2.07. The highest BCUT2D eigenvalue weighted by atomic mass is 35.5. The summed E-state index contributed by atoms with van der Waals surface area (Å²) >= 11 is 6.30. The average Bonchev–Trinajstić information content (AvgIpc) is 2.60. The smallest absolute Gasteiger partial charge is 0.0863 e. The van der Waals surface area contributed by atoms with E-state index in [2.05, 4.69) is 38.1 Å². The van der Waals surface area contributed by atoms with Gasteiger partial charge in [-0.05, 0) is 19.3 Å². The van der Waals surface area contributed by atoms with Gasteiger partial charge in [-0.1, -0.05) is 38.8 Å². The lowest BCUT2D eigenvalue weighted by Crippen LogP contribution is -2.32. The van der Waals surface area contributed by atoms with Gasteiger partial charge in [0.2, 0.25) is 0 Å². The summed E-state index contributed by atoms with van der Waals surface area (Å²) in [6, 6.07) is 0.496. The van der Waals surface area contributed by atoms with Gasteiger partial charge >= 0.3 is 0 Å². The Morgan fingerprint density at radius 3 is 2.47 bits per heavy atom. The van der Waals surface area contributed by atoms with Crippen molar-refractivity contribution in [3.8, 4) is 0 Å². The molecule has 0 aliphatic carbocycles. The molecule has 1 rings (SSSR count). The van der Waals surface area contributed by atoms with Crippen molar-refractivity contribution in [3.05, 3.63) is 16.4 Å². The fourth-order valence-corrected chi connectivity index (χ4v) is 2.18. The third kappa shape index (κ3) is 3.46. The van der Waals surface area contributed by atoms with E-state index in [4.69, 9.17) is 11.6 Å². The molecule has 0 aliphatic rings. The van der Waals surface area contributed by atoms with E-state index >= 15 is 0 Å². The zero-order valence-electron chi connectivity index (χ0n) is 11.5. The number of hydrogen-bond acceptors (Lipinski definition) is 2. The lowest BCUT2D eigenvalue weighted by atomic mass is 10.0. The maximum Gasteiger partial charge on any atom is 0.0863 e. The number of halogens is 1. The summed E-state index contributed by atoms with van der Waals surface area (Å²) in [7, 11) is 1.95. The third-order valence-electron chi connectivity index (χ3n) is 3.59. The minimum Gasteiger partial charge on any atom is -0.308 e. The first-order valence-corrected chi connectivity index (χ1v) is 6.82. The first-order chi connectivity index (χ1) is 8.01. The van der Waals surface area contributed by atoms with Crippen LogP contribution in [0, 0.1) is 5.92 Å². The molecule has 3 nitrogen and oxygen atoms in total. The quantitative estimate of drug-likeness (QED) is 0.849. The molecule has 2 unspecified atom stereocenters. The first kappa shape index (κ1) is 14.5. The number of hydrogen-bond donors (Lipinski definition) is 1. The molecule has 98 valence electrons. The Morgan fingerprint density at radius 2 is 2.00 bits per heavy atom. The number of aryl methyl sites for hydroxylation is 2. The molecule has 0 saturated carbocycles. The van der Waals surface area contributed by atoms with Crippen LogP contribution >= 0.6 is 11.6 Å². The second-order valence-corrected chi connectivity index (χ2v) is 5.12. The number of nitrogens with one attached hydrogen (secondary N) is 1. The van der Waals surface area contributed by atoms with Crippen molar-refractivity contribution in [1.82, 2.24) is 15.1 Å². The van der Waals surface area contributed by atoms with Crippen LogP contribution in [0.3, 0.4) is 0 Å². The normalized spacial score (nSPS) is 14.9. The van der Waals surface area contributed by atoms with Crippen molar-refractivity contribution >= 4 is 11.6 Å². The Morgan fingerprint density at radius 1 is 1.35 bits per heavy atom. The minimum atomic E-state index is 0.496. The molecule has 0 radical (unpaired) electrons. The second kappa shape index (κ2) is 6.41. The van der Waals surface area contributed by atoms with Crippen molar-refractivity contribution in [2.24, 2.45) is 13.0 Å².